The number of rotatable bonds is 5. The average Bonchev–Trinajstić information content (AvgIpc) is 2.47. The summed E-state index contributed by atoms with van der Waals surface area (Å²) in [5, 5.41) is 0. The van der Waals surface area contributed by atoms with Gasteiger partial charge in [0.1, 0.15) is 0 Å². The summed E-state index contributed by atoms with van der Waals surface area (Å²) in [4.78, 5) is 7.79. The fourth-order valence-corrected chi connectivity index (χ4v) is 4.60. The van der Waals surface area contributed by atoms with Crippen LogP contribution in [0.2, 0.25) is 0 Å². The molecule has 3 heterocycles. The third-order valence-electron chi connectivity index (χ3n) is 5.96. The van der Waals surface area contributed by atoms with Crippen LogP contribution in [0.5, 0.6) is 0 Å². The lowest BCUT2D eigenvalue weighted by atomic mass is 9.72. The zero-order valence-electron chi connectivity index (χ0n) is 14.0. The van der Waals surface area contributed by atoms with Crippen molar-refractivity contribution >= 4 is 0 Å². The molecule has 0 unspecified atom stereocenters. The zero-order valence-corrected chi connectivity index (χ0v) is 14.0. The molecule has 0 atom stereocenters. The van der Waals surface area contributed by atoms with Crippen molar-refractivity contribution in [3.8, 4) is 0 Å². The van der Waals surface area contributed by atoms with E-state index < -0.39 is 0 Å². The maximum absolute atomic E-state index is 5.18. The van der Waals surface area contributed by atoms with Gasteiger partial charge in [0.25, 0.3) is 0 Å². The Balaban J connectivity index is 1.33. The predicted octanol–water partition coefficient (Wildman–Crippen LogP) is 1.37. The Hall–Kier alpha value is -0.160. The van der Waals surface area contributed by atoms with Gasteiger partial charge in [-0.1, -0.05) is 0 Å². The van der Waals surface area contributed by atoms with Gasteiger partial charge in [0.2, 0.25) is 0 Å². The van der Waals surface area contributed by atoms with E-state index in [0.717, 1.165) is 19.1 Å². The summed E-state index contributed by atoms with van der Waals surface area (Å²) >= 11 is 0. The van der Waals surface area contributed by atoms with Crippen LogP contribution in [0.1, 0.15) is 25.7 Å². The third-order valence-corrected chi connectivity index (χ3v) is 5.96. The molecule has 122 valence electrons. The smallest absolute Gasteiger partial charge is 0.0589 e. The lowest BCUT2D eigenvalue weighted by Crippen LogP contribution is -2.59. The molecule has 3 aliphatic heterocycles. The normalized spacial score (nSPS) is 28.9. The Morgan fingerprint density at radius 2 is 1.67 bits per heavy atom. The molecule has 0 aromatic rings. The van der Waals surface area contributed by atoms with E-state index in [9.17, 15) is 0 Å². The van der Waals surface area contributed by atoms with Crippen molar-refractivity contribution in [2.75, 3.05) is 73.1 Å². The fourth-order valence-electron chi connectivity index (χ4n) is 4.60. The highest BCUT2D eigenvalue weighted by atomic mass is 16.5. The summed E-state index contributed by atoms with van der Waals surface area (Å²) in [6.45, 7) is 11.3. The molecule has 0 saturated carbocycles. The SMILES string of the molecule is COCCN1CCC(CN2CCC3(CC2)CN(C)C3)CC1. The minimum atomic E-state index is 0.703. The van der Waals surface area contributed by atoms with E-state index in [2.05, 4.69) is 21.7 Å². The molecular formula is C17H33N3O. The molecule has 21 heavy (non-hydrogen) atoms. The van der Waals surface area contributed by atoms with Crippen LogP contribution in [0.4, 0.5) is 0 Å². The molecule has 0 aliphatic carbocycles. The maximum Gasteiger partial charge on any atom is 0.0589 e. The number of hydrogen-bond acceptors (Lipinski definition) is 4. The average molecular weight is 295 g/mol. The van der Waals surface area contributed by atoms with Gasteiger partial charge in [0, 0.05) is 33.3 Å². The van der Waals surface area contributed by atoms with Gasteiger partial charge in [-0.2, -0.15) is 0 Å². The van der Waals surface area contributed by atoms with Gasteiger partial charge in [-0.15, -0.1) is 0 Å². The van der Waals surface area contributed by atoms with Crippen LogP contribution in [-0.2, 0) is 4.74 Å². The molecule has 3 aliphatic rings. The monoisotopic (exact) mass is 295 g/mol. The Morgan fingerprint density at radius 3 is 2.24 bits per heavy atom. The number of likely N-dealkylation sites (tertiary alicyclic amines) is 3. The first-order valence-electron chi connectivity index (χ1n) is 8.81. The Labute approximate surface area is 130 Å². The van der Waals surface area contributed by atoms with Crippen molar-refractivity contribution in [1.29, 1.82) is 0 Å². The third kappa shape index (κ3) is 3.98. The number of ether oxygens (including phenoxy) is 1. The van der Waals surface area contributed by atoms with E-state index in [1.807, 2.05) is 0 Å². The van der Waals surface area contributed by atoms with Crippen molar-refractivity contribution in [3.05, 3.63) is 0 Å². The summed E-state index contributed by atoms with van der Waals surface area (Å²) in [5.41, 5.74) is 0.703. The van der Waals surface area contributed by atoms with Crippen molar-refractivity contribution in [2.24, 2.45) is 11.3 Å². The minimum absolute atomic E-state index is 0.703. The molecule has 4 heteroatoms. The Bertz CT molecular complexity index is 312. The Kier molecular flexibility index (Phi) is 5.20. The topological polar surface area (TPSA) is 19.0 Å². The first kappa shape index (κ1) is 15.7. The second-order valence-electron chi connectivity index (χ2n) is 7.75. The maximum atomic E-state index is 5.18. The standard InChI is InChI=1S/C17H33N3O/c1-18-14-17(15-18)5-9-20(10-6-17)13-16-3-7-19(8-4-16)11-12-21-2/h16H,3-15H2,1-2H3. The summed E-state index contributed by atoms with van der Waals surface area (Å²) < 4.78 is 5.18. The summed E-state index contributed by atoms with van der Waals surface area (Å²) in [6.07, 6.45) is 5.64. The molecule has 0 aromatic carbocycles. The van der Waals surface area contributed by atoms with Crippen LogP contribution in [0, 0.1) is 11.3 Å². The molecule has 0 amide bonds. The molecule has 0 radical (unpaired) electrons. The molecule has 0 N–H and O–H groups in total. The lowest BCUT2D eigenvalue weighted by molar-refractivity contribution is -0.0355. The lowest BCUT2D eigenvalue weighted by Gasteiger charge is -2.53. The Morgan fingerprint density at radius 1 is 1.00 bits per heavy atom. The molecular weight excluding hydrogens is 262 g/mol. The highest BCUT2D eigenvalue weighted by Crippen LogP contribution is 2.39. The number of nitrogens with zero attached hydrogens (tertiary/aromatic N) is 3. The van der Waals surface area contributed by atoms with Crippen molar-refractivity contribution < 1.29 is 4.74 Å². The van der Waals surface area contributed by atoms with E-state index in [4.69, 9.17) is 4.74 Å². The van der Waals surface area contributed by atoms with Crippen LogP contribution in [0.25, 0.3) is 0 Å². The highest BCUT2D eigenvalue weighted by molar-refractivity contribution is 4.97. The molecule has 0 bridgehead atoms. The number of hydrogen-bond donors (Lipinski definition) is 0. The van der Waals surface area contributed by atoms with Crippen molar-refractivity contribution in [3.63, 3.8) is 0 Å². The predicted molar refractivity (Wildman–Crippen MR) is 86.6 cm³/mol. The van der Waals surface area contributed by atoms with Crippen molar-refractivity contribution in [2.45, 2.75) is 25.7 Å². The zero-order chi connectivity index (χ0) is 14.7. The molecule has 1 spiro atoms. The summed E-state index contributed by atoms with van der Waals surface area (Å²) in [6, 6.07) is 0. The van der Waals surface area contributed by atoms with Gasteiger partial charge in [0.15, 0.2) is 0 Å². The van der Waals surface area contributed by atoms with Gasteiger partial charge in [-0.25, -0.2) is 0 Å². The molecule has 3 fully saturated rings. The fraction of sp³-hybridized carbons (Fsp3) is 1.00. The molecule has 0 aromatic heterocycles. The quantitative estimate of drug-likeness (QED) is 0.762. The van der Waals surface area contributed by atoms with E-state index in [1.54, 1.807) is 7.11 Å². The van der Waals surface area contributed by atoms with Crippen LogP contribution in [0.3, 0.4) is 0 Å². The van der Waals surface area contributed by atoms with E-state index in [0.29, 0.717) is 5.41 Å². The highest BCUT2D eigenvalue weighted by Gasteiger charge is 2.43. The van der Waals surface area contributed by atoms with Gasteiger partial charge in [-0.3, -0.25) is 0 Å². The van der Waals surface area contributed by atoms with Gasteiger partial charge in [-0.05, 0) is 70.2 Å². The van der Waals surface area contributed by atoms with Crippen LogP contribution in [0.15, 0.2) is 0 Å². The van der Waals surface area contributed by atoms with Gasteiger partial charge < -0.3 is 19.4 Å². The van der Waals surface area contributed by atoms with E-state index >= 15 is 0 Å². The molecule has 3 saturated heterocycles. The van der Waals surface area contributed by atoms with Gasteiger partial charge in [0.05, 0.1) is 6.61 Å². The number of methoxy groups -OCH3 is 1. The summed E-state index contributed by atoms with van der Waals surface area (Å²) in [7, 11) is 4.06. The summed E-state index contributed by atoms with van der Waals surface area (Å²) in [5.74, 6) is 0.932. The van der Waals surface area contributed by atoms with E-state index in [-0.39, 0.29) is 0 Å². The second kappa shape index (κ2) is 6.95. The minimum Gasteiger partial charge on any atom is -0.383 e. The number of piperidine rings is 2. The second-order valence-corrected chi connectivity index (χ2v) is 7.75. The first-order chi connectivity index (χ1) is 10.2. The van der Waals surface area contributed by atoms with Crippen LogP contribution < -0.4 is 0 Å². The van der Waals surface area contributed by atoms with Crippen molar-refractivity contribution in [1.82, 2.24) is 14.7 Å². The first-order valence-corrected chi connectivity index (χ1v) is 8.81. The van der Waals surface area contributed by atoms with Gasteiger partial charge >= 0.3 is 0 Å². The largest absolute Gasteiger partial charge is 0.383 e. The van der Waals surface area contributed by atoms with E-state index in [1.165, 1.54) is 71.5 Å². The van der Waals surface area contributed by atoms with Crippen LogP contribution >= 0.6 is 0 Å². The molecule has 4 nitrogen and oxygen atoms in total. The molecule has 3 rings (SSSR count). The van der Waals surface area contributed by atoms with Crippen LogP contribution in [-0.4, -0.2) is 87.8 Å².